The van der Waals surface area contributed by atoms with E-state index in [-0.39, 0.29) is 18.5 Å². The highest BCUT2D eigenvalue weighted by molar-refractivity contribution is 5.89. The van der Waals surface area contributed by atoms with Crippen LogP contribution in [0.1, 0.15) is 33.9 Å². The zero-order valence-corrected chi connectivity index (χ0v) is 19.6. The van der Waals surface area contributed by atoms with E-state index < -0.39 is 0 Å². The minimum absolute atomic E-state index is 0.0599. The Morgan fingerprint density at radius 3 is 2.49 bits per heavy atom. The fourth-order valence-electron chi connectivity index (χ4n) is 4.93. The van der Waals surface area contributed by atoms with E-state index in [0.717, 1.165) is 23.2 Å². The van der Waals surface area contributed by atoms with Gasteiger partial charge in [0.2, 0.25) is 5.91 Å². The predicted molar refractivity (Wildman–Crippen MR) is 134 cm³/mol. The van der Waals surface area contributed by atoms with Crippen LogP contribution in [-0.2, 0) is 17.8 Å². The summed E-state index contributed by atoms with van der Waals surface area (Å²) in [6.45, 7) is 3.59. The molecule has 0 aliphatic carbocycles. The monoisotopic (exact) mass is 462 g/mol. The van der Waals surface area contributed by atoms with Crippen LogP contribution in [0.3, 0.4) is 0 Å². The summed E-state index contributed by atoms with van der Waals surface area (Å²) in [6, 6.07) is 26.7. The summed E-state index contributed by atoms with van der Waals surface area (Å²) in [5.74, 6) is 0.632. The minimum atomic E-state index is -0.163. The molecule has 7 nitrogen and oxygen atoms in total. The van der Waals surface area contributed by atoms with E-state index in [1.165, 1.54) is 16.7 Å². The van der Waals surface area contributed by atoms with E-state index in [1.807, 2.05) is 34.1 Å². The number of benzene rings is 3. The number of hydrogen-bond donors (Lipinski definition) is 0. The fraction of sp³-hybridized carbons (Fsp3) is 0.214. The topological polar surface area (TPSA) is 67.2 Å². The van der Waals surface area contributed by atoms with Gasteiger partial charge in [0, 0.05) is 13.1 Å². The number of allylic oxidation sites excluding steroid dienone is 1. The highest BCUT2D eigenvalue weighted by Gasteiger charge is 2.33. The second kappa shape index (κ2) is 8.83. The Balaban J connectivity index is 1.36. The van der Waals surface area contributed by atoms with Crippen LogP contribution in [0.2, 0.25) is 0 Å². The van der Waals surface area contributed by atoms with Gasteiger partial charge in [0.1, 0.15) is 12.6 Å². The number of carbonyl (C=O) groups is 1. The third-order valence-corrected chi connectivity index (χ3v) is 6.85. The number of tetrazole rings is 1. The lowest BCUT2D eigenvalue weighted by Gasteiger charge is -2.35. The van der Waals surface area contributed by atoms with E-state index in [0.29, 0.717) is 19.0 Å². The standard InChI is InChI=1S/C28H26N6O/c1-20-11-13-23(14-12-20)26-17-25(22-8-3-2-4-9-22)33(28-29-30-31-34(26)28)19-27(35)32-16-15-21-7-5-6-10-24(21)18-32/h2-14,17,26H,15-16,18-19H2,1H3. The van der Waals surface area contributed by atoms with Crippen molar-refractivity contribution < 1.29 is 4.79 Å². The zero-order chi connectivity index (χ0) is 23.8. The Bertz CT molecular complexity index is 1390. The lowest BCUT2D eigenvalue weighted by atomic mass is 9.99. The van der Waals surface area contributed by atoms with E-state index in [1.54, 1.807) is 4.68 Å². The molecule has 1 atom stereocenters. The van der Waals surface area contributed by atoms with Crippen molar-refractivity contribution in [3.8, 4) is 0 Å². The van der Waals surface area contributed by atoms with Crippen LogP contribution in [0, 0.1) is 6.92 Å². The van der Waals surface area contributed by atoms with Gasteiger partial charge in [-0.2, -0.15) is 4.68 Å². The van der Waals surface area contributed by atoms with Crippen molar-refractivity contribution in [3.05, 3.63) is 113 Å². The second-order valence-electron chi connectivity index (χ2n) is 9.12. The lowest BCUT2D eigenvalue weighted by Crippen LogP contribution is -2.44. The van der Waals surface area contributed by atoms with Crippen molar-refractivity contribution in [2.45, 2.75) is 25.9 Å². The van der Waals surface area contributed by atoms with Gasteiger partial charge in [-0.3, -0.25) is 9.69 Å². The molecule has 0 saturated carbocycles. The number of rotatable bonds is 4. The molecule has 0 bridgehead atoms. The first-order valence-electron chi connectivity index (χ1n) is 11.9. The van der Waals surface area contributed by atoms with Crippen LogP contribution in [0.4, 0.5) is 5.95 Å². The van der Waals surface area contributed by atoms with E-state index in [2.05, 4.69) is 83.1 Å². The summed E-state index contributed by atoms with van der Waals surface area (Å²) in [7, 11) is 0. The molecule has 2 aliphatic heterocycles. The minimum Gasteiger partial charge on any atom is -0.336 e. The highest BCUT2D eigenvalue weighted by atomic mass is 16.2. The average molecular weight is 463 g/mol. The normalized spacial score (nSPS) is 16.9. The Morgan fingerprint density at radius 1 is 0.943 bits per heavy atom. The molecule has 0 N–H and O–H groups in total. The van der Waals surface area contributed by atoms with Gasteiger partial charge in [-0.1, -0.05) is 89.5 Å². The van der Waals surface area contributed by atoms with Crippen LogP contribution in [-0.4, -0.2) is 44.1 Å². The SMILES string of the molecule is Cc1ccc(C2C=C(c3ccccc3)N(CC(=O)N3CCc4ccccc4C3)c3nnnn32)cc1. The largest absolute Gasteiger partial charge is 0.336 e. The quantitative estimate of drug-likeness (QED) is 0.458. The Labute approximate surface area is 204 Å². The van der Waals surface area contributed by atoms with Crippen LogP contribution < -0.4 is 4.90 Å². The maximum absolute atomic E-state index is 13.6. The fourth-order valence-corrected chi connectivity index (χ4v) is 4.93. The zero-order valence-electron chi connectivity index (χ0n) is 19.6. The molecule has 174 valence electrons. The Hall–Kier alpha value is -4.26. The summed E-state index contributed by atoms with van der Waals surface area (Å²) >= 11 is 0. The number of fused-ring (bicyclic) bond motifs is 2. The van der Waals surface area contributed by atoms with Gasteiger partial charge in [-0.05, 0) is 52.1 Å². The molecule has 1 unspecified atom stereocenters. The molecule has 0 radical (unpaired) electrons. The maximum atomic E-state index is 13.6. The molecular formula is C28H26N6O. The number of hydrogen-bond acceptors (Lipinski definition) is 5. The predicted octanol–water partition coefficient (Wildman–Crippen LogP) is 4.02. The summed E-state index contributed by atoms with van der Waals surface area (Å²) in [5, 5.41) is 12.7. The lowest BCUT2D eigenvalue weighted by molar-refractivity contribution is -0.130. The summed E-state index contributed by atoms with van der Waals surface area (Å²) < 4.78 is 1.80. The number of carbonyl (C=O) groups excluding carboxylic acids is 1. The van der Waals surface area contributed by atoms with Crippen molar-refractivity contribution in [1.82, 2.24) is 25.1 Å². The molecule has 2 aliphatic rings. The molecule has 6 rings (SSSR count). The van der Waals surface area contributed by atoms with Gasteiger partial charge in [-0.15, -0.1) is 0 Å². The number of aromatic nitrogens is 4. The summed E-state index contributed by atoms with van der Waals surface area (Å²) in [5.41, 5.74) is 6.79. The van der Waals surface area contributed by atoms with Crippen molar-refractivity contribution in [2.75, 3.05) is 18.0 Å². The molecule has 0 spiro atoms. The van der Waals surface area contributed by atoms with Crippen molar-refractivity contribution >= 4 is 17.6 Å². The molecule has 3 heterocycles. The van der Waals surface area contributed by atoms with Crippen LogP contribution in [0.15, 0.2) is 84.9 Å². The highest BCUT2D eigenvalue weighted by Crippen LogP contribution is 2.36. The molecule has 1 amide bonds. The molecule has 7 heteroatoms. The Morgan fingerprint density at radius 2 is 1.69 bits per heavy atom. The van der Waals surface area contributed by atoms with Gasteiger partial charge in [0.15, 0.2) is 0 Å². The maximum Gasteiger partial charge on any atom is 0.251 e. The Kier molecular flexibility index (Phi) is 5.37. The first-order chi connectivity index (χ1) is 17.2. The van der Waals surface area contributed by atoms with Gasteiger partial charge < -0.3 is 4.90 Å². The molecule has 35 heavy (non-hydrogen) atoms. The van der Waals surface area contributed by atoms with Gasteiger partial charge in [-0.25, -0.2) is 0 Å². The smallest absolute Gasteiger partial charge is 0.251 e. The van der Waals surface area contributed by atoms with E-state index >= 15 is 0 Å². The van der Waals surface area contributed by atoms with Crippen LogP contribution >= 0.6 is 0 Å². The molecule has 4 aromatic rings. The number of nitrogens with zero attached hydrogens (tertiary/aromatic N) is 6. The van der Waals surface area contributed by atoms with Crippen LogP contribution in [0.25, 0.3) is 5.70 Å². The second-order valence-corrected chi connectivity index (χ2v) is 9.12. The molecule has 0 fully saturated rings. The molecular weight excluding hydrogens is 436 g/mol. The number of aryl methyl sites for hydroxylation is 1. The third-order valence-electron chi connectivity index (χ3n) is 6.85. The number of amides is 1. The first-order valence-corrected chi connectivity index (χ1v) is 11.9. The average Bonchev–Trinajstić information content (AvgIpc) is 3.40. The van der Waals surface area contributed by atoms with E-state index in [4.69, 9.17) is 0 Å². The van der Waals surface area contributed by atoms with E-state index in [9.17, 15) is 4.79 Å². The van der Waals surface area contributed by atoms with Crippen LogP contribution in [0.5, 0.6) is 0 Å². The van der Waals surface area contributed by atoms with Gasteiger partial charge in [0.05, 0.1) is 5.70 Å². The molecule has 3 aromatic carbocycles. The number of anilines is 1. The van der Waals surface area contributed by atoms with Crippen molar-refractivity contribution in [1.29, 1.82) is 0 Å². The summed E-state index contributed by atoms with van der Waals surface area (Å²) in [6.07, 6.45) is 3.03. The van der Waals surface area contributed by atoms with Gasteiger partial charge in [0.25, 0.3) is 5.95 Å². The molecule has 0 saturated heterocycles. The van der Waals surface area contributed by atoms with Gasteiger partial charge >= 0.3 is 0 Å². The van der Waals surface area contributed by atoms with Crippen molar-refractivity contribution in [2.24, 2.45) is 0 Å². The molecule has 1 aromatic heterocycles. The van der Waals surface area contributed by atoms with Crippen molar-refractivity contribution in [3.63, 3.8) is 0 Å². The third kappa shape index (κ3) is 3.99. The summed E-state index contributed by atoms with van der Waals surface area (Å²) in [4.78, 5) is 17.4. The first kappa shape index (κ1) is 21.3.